The molecule has 148 valence electrons. The molecule has 1 unspecified atom stereocenters. The quantitative estimate of drug-likeness (QED) is 0.744. The average molecular weight is 394 g/mol. The van der Waals surface area contributed by atoms with Gasteiger partial charge in [0.05, 0.1) is 28.4 Å². The van der Waals surface area contributed by atoms with Crippen LogP contribution in [-0.2, 0) is 12.8 Å². The maximum Gasteiger partial charge on any atom is 0.163 e. The van der Waals surface area contributed by atoms with Crippen LogP contribution in [-0.4, -0.2) is 46.9 Å². The van der Waals surface area contributed by atoms with Crippen LogP contribution in [0.25, 0.3) is 0 Å². The Bertz CT molecular complexity index is 781. The molecule has 0 aromatic heterocycles. The topological polar surface area (TPSA) is 40.2 Å². The average Bonchev–Trinajstić information content (AvgIpc) is 2.68. The van der Waals surface area contributed by atoms with Crippen LogP contribution in [0.15, 0.2) is 30.3 Å². The van der Waals surface area contributed by atoms with E-state index in [1.807, 2.05) is 12.1 Å². The van der Waals surface area contributed by atoms with E-state index in [-0.39, 0.29) is 18.4 Å². The highest BCUT2D eigenvalue weighted by atomic mass is 35.5. The number of nitrogens with zero attached hydrogens (tertiary/aromatic N) is 1. The highest BCUT2D eigenvalue weighted by Crippen LogP contribution is 2.41. The third-order valence-corrected chi connectivity index (χ3v) is 5.17. The van der Waals surface area contributed by atoms with E-state index in [2.05, 4.69) is 30.1 Å². The highest BCUT2D eigenvalue weighted by molar-refractivity contribution is 5.85. The van der Waals surface area contributed by atoms with Crippen LogP contribution in [0.4, 0.5) is 0 Å². The summed E-state index contributed by atoms with van der Waals surface area (Å²) in [6.45, 7) is 0.999. The smallest absolute Gasteiger partial charge is 0.163 e. The van der Waals surface area contributed by atoms with Gasteiger partial charge in [0.15, 0.2) is 23.0 Å². The maximum atomic E-state index is 5.63. The Morgan fingerprint density at radius 1 is 0.926 bits per heavy atom. The summed E-state index contributed by atoms with van der Waals surface area (Å²) in [7, 11) is 8.88. The Hall–Kier alpha value is -2.11. The number of methoxy groups -OCH3 is 4. The molecule has 2 aromatic carbocycles. The zero-order valence-electron chi connectivity index (χ0n) is 16.6. The largest absolute Gasteiger partial charge is 0.493 e. The summed E-state index contributed by atoms with van der Waals surface area (Å²) >= 11 is 0. The second kappa shape index (κ2) is 9.20. The molecule has 1 aliphatic heterocycles. The molecule has 0 fully saturated rings. The van der Waals surface area contributed by atoms with Gasteiger partial charge in [0.25, 0.3) is 0 Å². The predicted octanol–water partition coefficient (Wildman–Crippen LogP) is 3.91. The molecule has 27 heavy (non-hydrogen) atoms. The van der Waals surface area contributed by atoms with Gasteiger partial charge in [0, 0.05) is 12.6 Å². The minimum Gasteiger partial charge on any atom is -0.493 e. The molecular formula is C21H28ClNO4. The Balaban J connectivity index is 0.00000261. The number of hydrogen-bond donors (Lipinski definition) is 0. The summed E-state index contributed by atoms with van der Waals surface area (Å²) in [5.41, 5.74) is 3.72. The Kier molecular flexibility index (Phi) is 7.22. The molecule has 2 aromatic rings. The Labute approximate surface area is 167 Å². The molecule has 0 spiro atoms. The van der Waals surface area contributed by atoms with Gasteiger partial charge in [-0.05, 0) is 54.8 Å². The lowest BCUT2D eigenvalue weighted by Gasteiger charge is -2.35. The number of rotatable bonds is 6. The van der Waals surface area contributed by atoms with E-state index in [4.69, 9.17) is 18.9 Å². The fraction of sp³-hybridized carbons (Fsp3) is 0.429. The van der Waals surface area contributed by atoms with Gasteiger partial charge in [0.1, 0.15) is 0 Å². The molecular weight excluding hydrogens is 366 g/mol. The van der Waals surface area contributed by atoms with Crippen LogP contribution in [0.5, 0.6) is 23.0 Å². The lowest BCUT2D eigenvalue weighted by molar-refractivity contribution is 0.226. The summed E-state index contributed by atoms with van der Waals surface area (Å²) in [6.07, 6.45) is 1.83. The van der Waals surface area contributed by atoms with Gasteiger partial charge in [-0.1, -0.05) is 12.1 Å². The van der Waals surface area contributed by atoms with E-state index in [0.29, 0.717) is 0 Å². The Morgan fingerprint density at radius 2 is 1.59 bits per heavy atom. The van der Waals surface area contributed by atoms with E-state index in [9.17, 15) is 0 Å². The SMILES string of the molecule is COc1cc2c(cc1OC)C(Cc1cccc(OC)c1OC)N(C)CC2.Cl. The summed E-state index contributed by atoms with van der Waals surface area (Å²) in [5, 5.41) is 0. The van der Waals surface area contributed by atoms with Crippen molar-refractivity contribution in [1.82, 2.24) is 4.90 Å². The maximum absolute atomic E-state index is 5.63. The molecule has 0 N–H and O–H groups in total. The van der Waals surface area contributed by atoms with Gasteiger partial charge in [-0.3, -0.25) is 4.90 Å². The van der Waals surface area contributed by atoms with E-state index in [1.54, 1.807) is 28.4 Å². The third-order valence-electron chi connectivity index (χ3n) is 5.17. The van der Waals surface area contributed by atoms with Crippen molar-refractivity contribution in [2.45, 2.75) is 18.9 Å². The van der Waals surface area contributed by atoms with Crippen LogP contribution in [0.2, 0.25) is 0 Å². The van der Waals surface area contributed by atoms with E-state index >= 15 is 0 Å². The summed E-state index contributed by atoms with van der Waals surface area (Å²) < 4.78 is 22.1. The number of para-hydroxylation sites is 1. The van der Waals surface area contributed by atoms with E-state index in [0.717, 1.165) is 47.9 Å². The van der Waals surface area contributed by atoms with Gasteiger partial charge >= 0.3 is 0 Å². The minimum absolute atomic E-state index is 0. The van der Waals surface area contributed by atoms with Gasteiger partial charge in [-0.2, -0.15) is 0 Å². The normalized spacial score (nSPS) is 16.1. The zero-order valence-corrected chi connectivity index (χ0v) is 17.4. The van der Waals surface area contributed by atoms with Crippen molar-refractivity contribution >= 4 is 12.4 Å². The third kappa shape index (κ3) is 4.09. The number of ether oxygens (including phenoxy) is 4. The van der Waals surface area contributed by atoms with E-state index in [1.165, 1.54) is 11.1 Å². The molecule has 1 atom stereocenters. The van der Waals surface area contributed by atoms with Gasteiger partial charge < -0.3 is 18.9 Å². The summed E-state index contributed by atoms with van der Waals surface area (Å²) in [6, 6.07) is 10.5. The van der Waals surface area contributed by atoms with Crippen molar-refractivity contribution in [2.24, 2.45) is 0 Å². The summed E-state index contributed by atoms with van der Waals surface area (Å²) in [5.74, 6) is 3.12. The number of likely N-dealkylation sites (N-methyl/N-ethyl adjacent to an activating group) is 1. The van der Waals surface area contributed by atoms with Crippen LogP contribution in [0.1, 0.15) is 22.7 Å². The fourth-order valence-electron chi connectivity index (χ4n) is 3.74. The zero-order chi connectivity index (χ0) is 18.7. The Morgan fingerprint density at radius 3 is 2.22 bits per heavy atom. The molecule has 0 radical (unpaired) electrons. The second-order valence-corrected chi connectivity index (χ2v) is 6.51. The first-order valence-corrected chi connectivity index (χ1v) is 8.77. The van der Waals surface area contributed by atoms with Crippen molar-refractivity contribution in [2.75, 3.05) is 42.0 Å². The standard InChI is InChI=1S/C21H27NO4.ClH/c1-22-10-9-14-12-19(24-3)20(25-4)13-16(14)17(22)11-15-7-6-8-18(23-2)21(15)26-5;/h6-8,12-13,17H,9-11H2,1-5H3;1H. The van der Waals surface area contributed by atoms with E-state index < -0.39 is 0 Å². The lowest BCUT2D eigenvalue weighted by Crippen LogP contribution is -2.33. The molecule has 5 nitrogen and oxygen atoms in total. The highest BCUT2D eigenvalue weighted by Gasteiger charge is 2.28. The molecule has 1 aliphatic rings. The first kappa shape index (κ1) is 21.2. The van der Waals surface area contributed by atoms with Crippen LogP contribution < -0.4 is 18.9 Å². The van der Waals surface area contributed by atoms with Crippen molar-refractivity contribution in [3.05, 3.63) is 47.0 Å². The van der Waals surface area contributed by atoms with Crippen molar-refractivity contribution in [3.63, 3.8) is 0 Å². The van der Waals surface area contributed by atoms with Crippen LogP contribution >= 0.6 is 12.4 Å². The number of benzene rings is 2. The molecule has 0 saturated heterocycles. The molecule has 3 rings (SSSR count). The number of hydrogen-bond acceptors (Lipinski definition) is 5. The molecule has 0 aliphatic carbocycles. The molecule has 1 heterocycles. The molecule has 0 bridgehead atoms. The number of halogens is 1. The van der Waals surface area contributed by atoms with Crippen LogP contribution in [0.3, 0.4) is 0 Å². The van der Waals surface area contributed by atoms with Gasteiger partial charge in [0.2, 0.25) is 0 Å². The summed E-state index contributed by atoms with van der Waals surface area (Å²) in [4.78, 5) is 2.38. The molecule has 0 saturated carbocycles. The van der Waals surface area contributed by atoms with Gasteiger partial charge in [-0.15, -0.1) is 12.4 Å². The molecule has 0 amide bonds. The monoisotopic (exact) mass is 393 g/mol. The van der Waals surface area contributed by atoms with Crippen molar-refractivity contribution in [3.8, 4) is 23.0 Å². The lowest BCUT2D eigenvalue weighted by atomic mass is 9.88. The fourth-order valence-corrected chi connectivity index (χ4v) is 3.74. The second-order valence-electron chi connectivity index (χ2n) is 6.51. The first-order valence-electron chi connectivity index (χ1n) is 8.77. The van der Waals surface area contributed by atoms with Crippen LogP contribution in [0, 0.1) is 0 Å². The minimum atomic E-state index is 0. The van der Waals surface area contributed by atoms with Crippen molar-refractivity contribution in [1.29, 1.82) is 0 Å². The first-order chi connectivity index (χ1) is 12.6. The predicted molar refractivity (Wildman–Crippen MR) is 109 cm³/mol. The van der Waals surface area contributed by atoms with Crippen molar-refractivity contribution < 1.29 is 18.9 Å². The molecule has 6 heteroatoms. The number of fused-ring (bicyclic) bond motifs is 1. The van der Waals surface area contributed by atoms with Gasteiger partial charge in [-0.25, -0.2) is 0 Å².